The number of aromatic nitrogens is 3. The fraction of sp³-hybridized carbons (Fsp3) is 0.120. The Labute approximate surface area is 189 Å². The van der Waals surface area contributed by atoms with E-state index in [0.717, 1.165) is 56.6 Å². The molecule has 5 aromatic rings. The molecule has 0 spiro atoms. The number of thioether (sulfide) groups is 1. The van der Waals surface area contributed by atoms with Gasteiger partial charge in [0.2, 0.25) is 0 Å². The van der Waals surface area contributed by atoms with E-state index in [4.69, 9.17) is 9.40 Å². The van der Waals surface area contributed by atoms with E-state index in [2.05, 4.69) is 21.4 Å². The van der Waals surface area contributed by atoms with Gasteiger partial charge in [0, 0.05) is 35.7 Å². The van der Waals surface area contributed by atoms with Crippen LogP contribution in [0.3, 0.4) is 0 Å². The smallest absolute Gasteiger partial charge is 0.166 e. The lowest BCUT2D eigenvalue weighted by molar-refractivity contribution is 0.553. The van der Waals surface area contributed by atoms with Crippen LogP contribution in [0.15, 0.2) is 82.5 Å². The van der Waals surface area contributed by atoms with Gasteiger partial charge in [0.15, 0.2) is 5.16 Å². The van der Waals surface area contributed by atoms with Crippen molar-refractivity contribution in [1.82, 2.24) is 15.0 Å². The Balaban J connectivity index is 1.35. The van der Waals surface area contributed by atoms with Gasteiger partial charge >= 0.3 is 0 Å². The van der Waals surface area contributed by atoms with Crippen LogP contribution < -0.4 is 5.32 Å². The van der Waals surface area contributed by atoms with Crippen LogP contribution in [0.1, 0.15) is 5.76 Å². The van der Waals surface area contributed by atoms with Crippen molar-refractivity contribution in [3.8, 4) is 22.5 Å². The monoisotopic (exact) mass is 444 g/mol. The fourth-order valence-corrected chi connectivity index (χ4v) is 4.02. The maximum Gasteiger partial charge on any atom is 0.166 e. The number of furan rings is 1. The van der Waals surface area contributed by atoms with E-state index >= 15 is 0 Å². The normalized spacial score (nSPS) is 11.2. The Kier molecular flexibility index (Phi) is 5.64. The second-order valence-corrected chi connectivity index (χ2v) is 8.13. The number of hydrogen-bond acceptors (Lipinski definition) is 5. The molecule has 0 aliphatic carbocycles. The first kappa shape index (κ1) is 20.3. The van der Waals surface area contributed by atoms with Crippen molar-refractivity contribution in [3.05, 3.63) is 84.5 Å². The molecule has 0 fully saturated rings. The standard InChI is InChI=1S/C25H21FN4OS/c1-32-25-29-23(16-6-8-19(26)9-7-16)24(30-25)18-10-12-27-22(15-18)28-13-11-20-14-17-4-2-3-5-21(17)31-20/h2-10,12,14-15H,11,13H2,1H3,(H,27,28)(H,29,30). The predicted molar refractivity (Wildman–Crippen MR) is 127 cm³/mol. The largest absolute Gasteiger partial charge is 0.461 e. The first-order chi connectivity index (χ1) is 15.7. The highest BCUT2D eigenvalue weighted by molar-refractivity contribution is 7.98. The van der Waals surface area contributed by atoms with Gasteiger partial charge in [-0.05, 0) is 54.8 Å². The molecule has 0 radical (unpaired) electrons. The minimum absolute atomic E-state index is 0.264. The van der Waals surface area contributed by atoms with Crippen molar-refractivity contribution in [2.45, 2.75) is 11.6 Å². The van der Waals surface area contributed by atoms with Crippen LogP contribution >= 0.6 is 11.8 Å². The average Bonchev–Trinajstić information content (AvgIpc) is 3.44. The molecule has 0 aliphatic rings. The van der Waals surface area contributed by atoms with Gasteiger partial charge in [-0.2, -0.15) is 0 Å². The van der Waals surface area contributed by atoms with Gasteiger partial charge in [0.25, 0.3) is 0 Å². The molecular formula is C25H21FN4OS. The van der Waals surface area contributed by atoms with Crippen molar-refractivity contribution >= 4 is 28.5 Å². The molecule has 0 atom stereocenters. The lowest BCUT2D eigenvalue weighted by Crippen LogP contribution is -2.05. The van der Waals surface area contributed by atoms with Gasteiger partial charge in [-0.25, -0.2) is 14.4 Å². The fourth-order valence-electron chi connectivity index (χ4n) is 3.63. The maximum absolute atomic E-state index is 13.4. The molecule has 3 aromatic heterocycles. The molecule has 0 amide bonds. The molecule has 5 nitrogen and oxygen atoms in total. The number of nitrogens with zero attached hydrogens (tertiary/aromatic N) is 2. The molecule has 32 heavy (non-hydrogen) atoms. The zero-order chi connectivity index (χ0) is 21.9. The summed E-state index contributed by atoms with van der Waals surface area (Å²) in [5, 5.41) is 5.28. The van der Waals surface area contributed by atoms with Crippen molar-refractivity contribution < 1.29 is 8.81 Å². The van der Waals surface area contributed by atoms with Crippen LogP contribution in [0.2, 0.25) is 0 Å². The number of halogens is 1. The summed E-state index contributed by atoms with van der Waals surface area (Å²) in [5.41, 5.74) is 4.38. The highest BCUT2D eigenvalue weighted by atomic mass is 32.2. The lowest BCUT2D eigenvalue weighted by Gasteiger charge is -2.07. The molecule has 160 valence electrons. The van der Waals surface area contributed by atoms with Gasteiger partial charge < -0.3 is 14.7 Å². The van der Waals surface area contributed by atoms with E-state index in [1.165, 1.54) is 23.9 Å². The number of rotatable bonds is 7. The van der Waals surface area contributed by atoms with Gasteiger partial charge in [-0.1, -0.05) is 30.0 Å². The molecule has 0 bridgehead atoms. The highest BCUT2D eigenvalue weighted by Gasteiger charge is 2.15. The molecule has 0 saturated heterocycles. The van der Waals surface area contributed by atoms with Crippen LogP contribution in [0.25, 0.3) is 33.5 Å². The van der Waals surface area contributed by atoms with E-state index in [1.807, 2.05) is 42.7 Å². The number of aromatic amines is 1. The summed E-state index contributed by atoms with van der Waals surface area (Å²) >= 11 is 1.53. The first-order valence-corrected chi connectivity index (χ1v) is 11.5. The number of anilines is 1. The number of nitrogens with one attached hydrogen (secondary N) is 2. The minimum Gasteiger partial charge on any atom is -0.461 e. The molecule has 7 heteroatoms. The van der Waals surface area contributed by atoms with Crippen LogP contribution in [0.5, 0.6) is 0 Å². The minimum atomic E-state index is -0.264. The SMILES string of the molecule is CSc1nc(-c2ccnc(NCCc3cc4ccccc4o3)c2)c(-c2ccc(F)cc2)[nH]1. The Hall–Kier alpha value is -3.58. The number of fused-ring (bicyclic) bond motifs is 1. The Morgan fingerprint density at radius 2 is 1.88 bits per heavy atom. The summed E-state index contributed by atoms with van der Waals surface area (Å²) in [6, 6.07) is 20.4. The molecule has 3 heterocycles. The first-order valence-electron chi connectivity index (χ1n) is 10.3. The second-order valence-electron chi connectivity index (χ2n) is 7.33. The summed E-state index contributed by atoms with van der Waals surface area (Å²) < 4.78 is 19.3. The number of H-pyrrole nitrogens is 1. The molecule has 5 rings (SSSR count). The number of pyridine rings is 1. The summed E-state index contributed by atoms with van der Waals surface area (Å²) in [7, 11) is 0. The Morgan fingerprint density at radius 1 is 1.03 bits per heavy atom. The number of benzene rings is 2. The van der Waals surface area contributed by atoms with Gasteiger partial charge in [-0.15, -0.1) is 0 Å². The van der Waals surface area contributed by atoms with E-state index in [-0.39, 0.29) is 5.82 Å². The maximum atomic E-state index is 13.4. The van der Waals surface area contributed by atoms with Gasteiger partial charge in [-0.3, -0.25) is 0 Å². The zero-order valence-electron chi connectivity index (χ0n) is 17.4. The molecule has 2 aromatic carbocycles. The predicted octanol–water partition coefficient (Wildman–Crippen LogP) is 6.40. The van der Waals surface area contributed by atoms with Gasteiger partial charge in [0.1, 0.15) is 23.0 Å². The Morgan fingerprint density at radius 3 is 2.69 bits per heavy atom. The third-order valence-corrected chi connectivity index (χ3v) is 5.78. The molecular weight excluding hydrogens is 423 g/mol. The van der Waals surface area contributed by atoms with E-state index < -0.39 is 0 Å². The number of imidazole rings is 1. The topological polar surface area (TPSA) is 66.7 Å². The third kappa shape index (κ3) is 4.24. The zero-order valence-corrected chi connectivity index (χ0v) is 18.2. The lowest BCUT2D eigenvalue weighted by atomic mass is 10.1. The number of hydrogen-bond donors (Lipinski definition) is 2. The molecule has 2 N–H and O–H groups in total. The van der Waals surface area contributed by atoms with Crippen molar-refractivity contribution in [3.63, 3.8) is 0 Å². The molecule has 0 saturated carbocycles. The van der Waals surface area contributed by atoms with Crippen molar-refractivity contribution in [2.75, 3.05) is 18.1 Å². The van der Waals surface area contributed by atoms with E-state index in [0.29, 0.717) is 6.54 Å². The van der Waals surface area contributed by atoms with Crippen LogP contribution in [-0.2, 0) is 6.42 Å². The van der Waals surface area contributed by atoms with Crippen molar-refractivity contribution in [2.24, 2.45) is 0 Å². The Bertz CT molecular complexity index is 1330. The quantitative estimate of drug-likeness (QED) is 0.284. The summed E-state index contributed by atoms with van der Waals surface area (Å²) in [6.45, 7) is 0.692. The summed E-state index contributed by atoms with van der Waals surface area (Å²) in [5.74, 6) is 1.43. The summed E-state index contributed by atoms with van der Waals surface area (Å²) in [4.78, 5) is 12.5. The summed E-state index contributed by atoms with van der Waals surface area (Å²) in [6.07, 6.45) is 4.48. The highest BCUT2D eigenvalue weighted by Crippen LogP contribution is 2.33. The van der Waals surface area contributed by atoms with Crippen LogP contribution in [0, 0.1) is 5.82 Å². The molecule has 0 aliphatic heterocycles. The third-order valence-electron chi connectivity index (χ3n) is 5.20. The van der Waals surface area contributed by atoms with E-state index in [1.54, 1.807) is 18.3 Å². The van der Waals surface area contributed by atoms with Crippen LogP contribution in [-0.4, -0.2) is 27.8 Å². The average molecular weight is 445 g/mol. The second kappa shape index (κ2) is 8.88. The molecule has 0 unspecified atom stereocenters. The van der Waals surface area contributed by atoms with Crippen LogP contribution in [0.4, 0.5) is 10.2 Å². The van der Waals surface area contributed by atoms with Crippen molar-refractivity contribution in [1.29, 1.82) is 0 Å². The van der Waals surface area contributed by atoms with Gasteiger partial charge in [0.05, 0.1) is 11.4 Å². The number of para-hydroxylation sites is 1. The van der Waals surface area contributed by atoms with E-state index in [9.17, 15) is 4.39 Å².